The number of alkyl halides is 1. The fourth-order valence-corrected chi connectivity index (χ4v) is 2.40. The number of halogens is 1. The van der Waals surface area contributed by atoms with Crippen molar-refractivity contribution in [2.24, 2.45) is 5.73 Å². The molecule has 2 rings (SSSR count). The summed E-state index contributed by atoms with van der Waals surface area (Å²) in [4.78, 5) is 35.8. The van der Waals surface area contributed by atoms with Crippen molar-refractivity contribution in [3.63, 3.8) is 0 Å². The number of hydrogen-bond donors (Lipinski definition) is 2. The van der Waals surface area contributed by atoms with Gasteiger partial charge in [0.15, 0.2) is 0 Å². The van der Waals surface area contributed by atoms with Gasteiger partial charge in [0, 0.05) is 25.2 Å². The summed E-state index contributed by atoms with van der Waals surface area (Å²) in [5, 5.41) is 2.64. The molecule has 1 heterocycles. The summed E-state index contributed by atoms with van der Waals surface area (Å²) in [5.41, 5.74) is 3.82. The lowest BCUT2D eigenvalue weighted by atomic mass is 10.1. The van der Waals surface area contributed by atoms with Crippen molar-refractivity contribution in [1.29, 1.82) is 0 Å². The SMILES string of the molecule is COC(=O)c1ccc(NC(=O)CN2CCC(F)(C(N)=O)C2)cc1. The Hall–Kier alpha value is -2.48. The normalized spacial score (nSPS) is 21.0. The second-order valence-electron chi connectivity index (χ2n) is 5.41. The molecule has 1 aliphatic rings. The molecule has 1 unspecified atom stereocenters. The van der Waals surface area contributed by atoms with Crippen LogP contribution in [-0.2, 0) is 14.3 Å². The number of benzene rings is 1. The molecular weight excluding hydrogens is 305 g/mol. The molecule has 1 fully saturated rings. The van der Waals surface area contributed by atoms with Crippen LogP contribution >= 0.6 is 0 Å². The molecule has 1 atom stereocenters. The lowest BCUT2D eigenvalue weighted by molar-refractivity contribution is -0.129. The zero-order valence-electron chi connectivity index (χ0n) is 12.7. The number of anilines is 1. The van der Waals surface area contributed by atoms with E-state index in [1.165, 1.54) is 24.1 Å². The Kier molecular flexibility index (Phi) is 4.95. The van der Waals surface area contributed by atoms with E-state index in [1.807, 2.05) is 0 Å². The van der Waals surface area contributed by atoms with Crippen molar-refractivity contribution < 1.29 is 23.5 Å². The molecule has 1 aromatic carbocycles. The number of carbonyl (C=O) groups excluding carboxylic acids is 3. The van der Waals surface area contributed by atoms with Crippen LogP contribution in [0.3, 0.4) is 0 Å². The minimum Gasteiger partial charge on any atom is -0.465 e. The first-order chi connectivity index (χ1) is 10.8. The van der Waals surface area contributed by atoms with E-state index in [0.29, 0.717) is 11.3 Å². The van der Waals surface area contributed by atoms with E-state index in [0.717, 1.165) is 0 Å². The van der Waals surface area contributed by atoms with Gasteiger partial charge in [0.2, 0.25) is 11.6 Å². The van der Waals surface area contributed by atoms with Gasteiger partial charge in [-0.1, -0.05) is 0 Å². The molecule has 0 aliphatic carbocycles. The number of methoxy groups -OCH3 is 1. The topological polar surface area (TPSA) is 102 Å². The highest BCUT2D eigenvalue weighted by Gasteiger charge is 2.43. The molecule has 7 nitrogen and oxygen atoms in total. The van der Waals surface area contributed by atoms with E-state index < -0.39 is 17.5 Å². The number of carbonyl (C=O) groups is 3. The van der Waals surface area contributed by atoms with Gasteiger partial charge in [0.05, 0.1) is 19.2 Å². The molecule has 1 aromatic rings. The number of nitrogens with two attached hydrogens (primary N) is 1. The predicted octanol–water partition coefficient (Wildman–Crippen LogP) is 0.311. The number of esters is 1. The van der Waals surface area contributed by atoms with Crippen molar-refractivity contribution in [2.75, 3.05) is 32.1 Å². The molecule has 0 aromatic heterocycles. The number of amides is 2. The summed E-state index contributed by atoms with van der Waals surface area (Å²) < 4.78 is 18.6. The predicted molar refractivity (Wildman–Crippen MR) is 80.5 cm³/mol. The molecule has 0 bridgehead atoms. The van der Waals surface area contributed by atoms with Crippen LogP contribution in [0.4, 0.5) is 10.1 Å². The third kappa shape index (κ3) is 4.04. The lowest BCUT2D eigenvalue weighted by Crippen LogP contribution is -2.43. The fourth-order valence-electron chi connectivity index (χ4n) is 2.40. The summed E-state index contributed by atoms with van der Waals surface area (Å²) in [6.07, 6.45) is -0.0105. The van der Waals surface area contributed by atoms with Crippen molar-refractivity contribution in [2.45, 2.75) is 12.1 Å². The molecule has 23 heavy (non-hydrogen) atoms. The number of primary amides is 1. The van der Waals surface area contributed by atoms with Crippen LogP contribution in [0.25, 0.3) is 0 Å². The Morgan fingerprint density at radius 1 is 1.35 bits per heavy atom. The second-order valence-corrected chi connectivity index (χ2v) is 5.41. The standard InChI is InChI=1S/C15H18FN3O4/c1-23-13(21)10-2-4-11(5-3-10)18-12(20)8-19-7-6-15(16,9-19)14(17)22/h2-5H,6-9H2,1H3,(H2,17,22)(H,18,20). The first-order valence-electron chi connectivity index (χ1n) is 7.03. The second kappa shape index (κ2) is 6.74. The van der Waals surface area contributed by atoms with Gasteiger partial charge < -0.3 is 15.8 Å². The van der Waals surface area contributed by atoms with Crippen LogP contribution in [0.1, 0.15) is 16.8 Å². The molecule has 1 aliphatic heterocycles. The van der Waals surface area contributed by atoms with E-state index in [-0.39, 0.29) is 32.0 Å². The number of likely N-dealkylation sites (tertiary alicyclic amines) is 1. The van der Waals surface area contributed by atoms with Gasteiger partial charge >= 0.3 is 5.97 Å². The van der Waals surface area contributed by atoms with Gasteiger partial charge in [-0.2, -0.15) is 0 Å². The van der Waals surface area contributed by atoms with E-state index >= 15 is 0 Å². The summed E-state index contributed by atoms with van der Waals surface area (Å²) in [6.45, 7) is 0.0584. The van der Waals surface area contributed by atoms with Crippen LogP contribution in [-0.4, -0.2) is 55.1 Å². The van der Waals surface area contributed by atoms with Gasteiger partial charge in [-0.25, -0.2) is 9.18 Å². The summed E-state index contributed by atoms with van der Waals surface area (Å²) in [5.74, 6) is -1.81. The Morgan fingerprint density at radius 2 is 2.00 bits per heavy atom. The van der Waals surface area contributed by atoms with E-state index in [1.54, 1.807) is 12.1 Å². The van der Waals surface area contributed by atoms with E-state index in [2.05, 4.69) is 10.1 Å². The third-order valence-electron chi connectivity index (χ3n) is 3.70. The zero-order valence-corrected chi connectivity index (χ0v) is 12.7. The molecule has 124 valence electrons. The van der Waals surface area contributed by atoms with Gasteiger partial charge in [-0.05, 0) is 24.3 Å². The maximum absolute atomic E-state index is 14.0. The highest BCUT2D eigenvalue weighted by molar-refractivity contribution is 5.94. The van der Waals surface area contributed by atoms with Crippen molar-refractivity contribution in [3.8, 4) is 0 Å². The lowest BCUT2D eigenvalue weighted by Gasteiger charge is -2.17. The number of nitrogens with zero attached hydrogens (tertiary/aromatic N) is 1. The quantitative estimate of drug-likeness (QED) is 0.760. The van der Waals surface area contributed by atoms with Crippen molar-refractivity contribution in [3.05, 3.63) is 29.8 Å². The monoisotopic (exact) mass is 323 g/mol. The van der Waals surface area contributed by atoms with Gasteiger partial charge in [-0.15, -0.1) is 0 Å². The van der Waals surface area contributed by atoms with E-state index in [9.17, 15) is 18.8 Å². The van der Waals surface area contributed by atoms with Crippen LogP contribution in [0.15, 0.2) is 24.3 Å². The Labute approximate surface area is 132 Å². The highest BCUT2D eigenvalue weighted by atomic mass is 19.1. The molecule has 3 N–H and O–H groups in total. The fraction of sp³-hybridized carbons (Fsp3) is 0.400. The smallest absolute Gasteiger partial charge is 0.337 e. The summed E-state index contributed by atoms with van der Waals surface area (Å²) in [6, 6.07) is 6.18. The van der Waals surface area contributed by atoms with Crippen LogP contribution in [0.5, 0.6) is 0 Å². The number of nitrogens with one attached hydrogen (secondary N) is 1. The average molecular weight is 323 g/mol. The molecule has 2 amide bonds. The molecule has 0 spiro atoms. The minimum absolute atomic E-state index is 0.0105. The van der Waals surface area contributed by atoms with Crippen molar-refractivity contribution in [1.82, 2.24) is 4.90 Å². The van der Waals surface area contributed by atoms with Crippen molar-refractivity contribution >= 4 is 23.5 Å². The molecule has 8 heteroatoms. The number of rotatable bonds is 5. The van der Waals surface area contributed by atoms with Crippen LogP contribution in [0, 0.1) is 0 Å². The first-order valence-corrected chi connectivity index (χ1v) is 7.03. The van der Waals surface area contributed by atoms with Gasteiger partial charge in [0.25, 0.3) is 5.91 Å². The van der Waals surface area contributed by atoms with Crippen LogP contribution < -0.4 is 11.1 Å². The molecular formula is C15H18FN3O4. The molecule has 0 radical (unpaired) electrons. The zero-order chi connectivity index (χ0) is 17.0. The molecule has 1 saturated heterocycles. The minimum atomic E-state index is -2.07. The summed E-state index contributed by atoms with van der Waals surface area (Å²) in [7, 11) is 1.28. The number of hydrogen-bond acceptors (Lipinski definition) is 5. The third-order valence-corrected chi connectivity index (χ3v) is 3.70. The van der Waals surface area contributed by atoms with Crippen LogP contribution in [0.2, 0.25) is 0 Å². The Morgan fingerprint density at radius 3 is 2.52 bits per heavy atom. The van der Waals surface area contributed by atoms with Gasteiger partial charge in [0.1, 0.15) is 0 Å². The summed E-state index contributed by atoms with van der Waals surface area (Å²) >= 11 is 0. The highest BCUT2D eigenvalue weighted by Crippen LogP contribution is 2.25. The number of ether oxygens (including phenoxy) is 1. The maximum Gasteiger partial charge on any atom is 0.337 e. The largest absolute Gasteiger partial charge is 0.465 e. The van der Waals surface area contributed by atoms with E-state index in [4.69, 9.17) is 5.73 Å². The Bertz CT molecular complexity index is 620. The first kappa shape index (κ1) is 16.9. The average Bonchev–Trinajstić information content (AvgIpc) is 2.89. The van der Waals surface area contributed by atoms with Gasteiger partial charge in [-0.3, -0.25) is 14.5 Å². The molecule has 0 saturated carbocycles. The maximum atomic E-state index is 14.0. The Balaban J connectivity index is 1.88.